The summed E-state index contributed by atoms with van der Waals surface area (Å²) in [6.45, 7) is 7.73. The number of morpholine rings is 1. The van der Waals surface area contributed by atoms with Crippen LogP contribution in [0.5, 0.6) is 0 Å². The van der Waals surface area contributed by atoms with Gasteiger partial charge in [-0.3, -0.25) is 4.90 Å². The van der Waals surface area contributed by atoms with E-state index in [1.165, 1.54) is 0 Å². The Morgan fingerprint density at radius 1 is 1.12 bits per heavy atom. The van der Waals surface area contributed by atoms with Crippen molar-refractivity contribution in [1.29, 1.82) is 0 Å². The minimum absolute atomic E-state index is 0.0388. The predicted molar refractivity (Wildman–Crippen MR) is 97.0 cm³/mol. The molecule has 8 nitrogen and oxygen atoms in total. The second-order valence-electron chi connectivity index (χ2n) is 6.50. The first-order valence-corrected chi connectivity index (χ1v) is 9.83. The molecule has 26 heavy (non-hydrogen) atoms. The Morgan fingerprint density at radius 3 is 2.54 bits per heavy atom. The number of urea groups is 1. The highest BCUT2D eigenvalue weighted by molar-refractivity contribution is 7.13. The van der Waals surface area contributed by atoms with Gasteiger partial charge in [-0.2, -0.15) is 0 Å². The third kappa shape index (κ3) is 3.60. The number of carbonyl (C=O) groups is 1. The Balaban J connectivity index is 1.33. The van der Waals surface area contributed by atoms with Crippen molar-refractivity contribution in [2.45, 2.75) is 13.0 Å². The van der Waals surface area contributed by atoms with E-state index in [9.17, 15) is 4.79 Å². The summed E-state index contributed by atoms with van der Waals surface area (Å²) in [5.41, 5.74) is 0. The first-order chi connectivity index (χ1) is 12.7. The molecule has 0 spiro atoms. The average molecular weight is 377 g/mol. The zero-order valence-corrected chi connectivity index (χ0v) is 15.7. The number of hydrogen-bond donors (Lipinski definition) is 0. The fourth-order valence-corrected chi connectivity index (χ4v) is 3.96. The van der Waals surface area contributed by atoms with E-state index in [1.54, 1.807) is 11.3 Å². The predicted octanol–water partition coefficient (Wildman–Crippen LogP) is 1.93. The standard InChI is InChI=1S/C17H23N5O3S/c1-13(15-18-19-16(25-15)14-3-2-12-26-14)20-4-6-21(7-5-20)17(23)22-8-10-24-11-9-22/h2-3,12-13H,4-11H2,1H3. The molecule has 4 heterocycles. The Bertz CT molecular complexity index is 721. The summed E-state index contributed by atoms with van der Waals surface area (Å²) in [4.78, 5) is 19.7. The number of rotatable bonds is 3. The molecule has 0 aliphatic carbocycles. The van der Waals surface area contributed by atoms with Gasteiger partial charge >= 0.3 is 6.03 Å². The Morgan fingerprint density at radius 2 is 1.85 bits per heavy atom. The summed E-state index contributed by atoms with van der Waals surface area (Å²) in [6, 6.07) is 4.11. The normalized spacial score (nSPS) is 20.3. The maximum absolute atomic E-state index is 12.6. The smallest absolute Gasteiger partial charge is 0.320 e. The highest BCUT2D eigenvalue weighted by atomic mass is 32.1. The van der Waals surface area contributed by atoms with Crippen LogP contribution in [-0.2, 0) is 4.74 Å². The molecule has 140 valence electrons. The van der Waals surface area contributed by atoms with Gasteiger partial charge < -0.3 is 19.0 Å². The van der Waals surface area contributed by atoms with Crippen LogP contribution in [0.1, 0.15) is 18.9 Å². The second-order valence-corrected chi connectivity index (χ2v) is 7.45. The molecule has 0 bridgehead atoms. The molecule has 2 fully saturated rings. The number of ether oxygens (including phenoxy) is 1. The van der Waals surface area contributed by atoms with Crippen molar-refractivity contribution < 1.29 is 13.9 Å². The first kappa shape index (κ1) is 17.4. The SMILES string of the molecule is CC(c1nnc(-c2cccs2)o1)N1CCN(C(=O)N2CCOCC2)CC1. The van der Waals surface area contributed by atoms with Crippen LogP contribution in [0.2, 0.25) is 0 Å². The van der Waals surface area contributed by atoms with Gasteiger partial charge in [0, 0.05) is 39.3 Å². The first-order valence-electron chi connectivity index (χ1n) is 8.95. The summed E-state index contributed by atoms with van der Waals surface area (Å²) in [5.74, 6) is 1.20. The van der Waals surface area contributed by atoms with Gasteiger partial charge in [-0.15, -0.1) is 21.5 Å². The van der Waals surface area contributed by atoms with Gasteiger partial charge in [0.25, 0.3) is 5.89 Å². The van der Waals surface area contributed by atoms with E-state index in [-0.39, 0.29) is 12.1 Å². The second kappa shape index (κ2) is 7.73. The van der Waals surface area contributed by atoms with Gasteiger partial charge in [0.05, 0.1) is 24.1 Å². The topological polar surface area (TPSA) is 74.9 Å². The molecule has 1 unspecified atom stereocenters. The van der Waals surface area contributed by atoms with Gasteiger partial charge in [-0.05, 0) is 18.4 Å². The van der Waals surface area contributed by atoms with Crippen LogP contribution in [0.15, 0.2) is 21.9 Å². The van der Waals surface area contributed by atoms with Crippen molar-refractivity contribution in [1.82, 2.24) is 24.9 Å². The van der Waals surface area contributed by atoms with Crippen molar-refractivity contribution >= 4 is 17.4 Å². The number of carbonyl (C=O) groups excluding carboxylic acids is 1. The van der Waals surface area contributed by atoms with E-state index < -0.39 is 0 Å². The van der Waals surface area contributed by atoms with E-state index in [0.717, 1.165) is 18.0 Å². The molecule has 4 rings (SSSR count). The Hall–Kier alpha value is -1.97. The van der Waals surface area contributed by atoms with Crippen LogP contribution in [0.25, 0.3) is 10.8 Å². The molecule has 2 aromatic rings. The van der Waals surface area contributed by atoms with Crippen molar-refractivity contribution in [3.63, 3.8) is 0 Å². The maximum Gasteiger partial charge on any atom is 0.320 e. The lowest BCUT2D eigenvalue weighted by Crippen LogP contribution is -2.55. The summed E-state index contributed by atoms with van der Waals surface area (Å²) in [7, 11) is 0. The fraction of sp³-hybridized carbons (Fsp3) is 0.588. The lowest BCUT2D eigenvalue weighted by Gasteiger charge is -2.39. The molecule has 2 amide bonds. The quantitative estimate of drug-likeness (QED) is 0.814. The molecule has 0 saturated carbocycles. The van der Waals surface area contributed by atoms with E-state index in [2.05, 4.69) is 22.0 Å². The van der Waals surface area contributed by atoms with Crippen LogP contribution in [0.4, 0.5) is 4.79 Å². The summed E-state index contributed by atoms with van der Waals surface area (Å²) in [6.07, 6.45) is 0. The summed E-state index contributed by atoms with van der Waals surface area (Å²) < 4.78 is 11.2. The molecule has 0 radical (unpaired) electrons. The zero-order chi connectivity index (χ0) is 17.9. The number of nitrogens with zero attached hydrogens (tertiary/aromatic N) is 5. The minimum Gasteiger partial charge on any atom is -0.418 e. The number of piperazine rings is 1. The highest BCUT2D eigenvalue weighted by Gasteiger charge is 2.30. The van der Waals surface area contributed by atoms with E-state index in [1.807, 2.05) is 27.3 Å². The summed E-state index contributed by atoms with van der Waals surface area (Å²) >= 11 is 1.59. The van der Waals surface area contributed by atoms with Gasteiger partial charge in [-0.1, -0.05) is 6.07 Å². The number of aromatic nitrogens is 2. The Kier molecular flexibility index (Phi) is 5.18. The maximum atomic E-state index is 12.6. The third-order valence-corrected chi connectivity index (χ3v) is 5.80. The molecule has 1 atom stereocenters. The van der Waals surface area contributed by atoms with Gasteiger partial charge in [0.15, 0.2) is 0 Å². The number of amides is 2. The van der Waals surface area contributed by atoms with Crippen molar-refractivity contribution in [3.05, 3.63) is 23.4 Å². The summed E-state index contributed by atoms with van der Waals surface area (Å²) in [5, 5.41) is 10.4. The molecule has 0 aromatic carbocycles. The van der Waals surface area contributed by atoms with E-state index >= 15 is 0 Å². The van der Waals surface area contributed by atoms with Gasteiger partial charge in [0.1, 0.15) is 0 Å². The van der Waals surface area contributed by atoms with Crippen molar-refractivity contribution in [3.8, 4) is 10.8 Å². The van der Waals surface area contributed by atoms with Crippen molar-refractivity contribution in [2.75, 3.05) is 52.5 Å². The fourth-order valence-electron chi connectivity index (χ4n) is 3.31. The molecule has 2 aliphatic rings. The van der Waals surface area contributed by atoms with Crippen LogP contribution >= 0.6 is 11.3 Å². The highest BCUT2D eigenvalue weighted by Crippen LogP contribution is 2.27. The number of hydrogen-bond acceptors (Lipinski definition) is 7. The van der Waals surface area contributed by atoms with Gasteiger partial charge in [-0.25, -0.2) is 4.79 Å². The minimum atomic E-state index is 0.0388. The average Bonchev–Trinajstić information content (AvgIpc) is 3.39. The Labute approximate surface area is 156 Å². The van der Waals surface area contributed by atoms with Crippen LogP contribution in [0.3, 0.4) is 0 Å². The molecule has 2 saturated heterocycles. The number of thiophene rings is 1. The largest absolute Gasteiger partial charge is 0.418 e. The molecule has 0 N–H and O–H groups in total. The van der Waals surface area contributed by atoms with Gasteiger partial charge in [0.2, 0.25) is 5.89 Å². The molecular weight excluding hydrogens is 354 g/mol. The molecule has 2 aliphatic heterocycles. The monoisotopic (exact) mass is 377 g/mol. The third-order valence-electron chi connectivity index (χ3n) is 4.94. The zero-order valence-electron chi connectivity index (χ0n) is 14.8. The lowest BCUT2D eigenvalue weighted by atomic mass is 10.2. The van der Waals surface area contributed by atoms with Crippen molar-refractivity contribution in [2.24, 2.45) is 0 Å². The molecule has 2 aromatic heterocycles. The van der Waals surface area contributed by atoms with E-state index in [0.29, 0.717) is 51.2 Å². The van der Waals surface area contributed by atoms with Crippen LogP contribution in [0, 0.1) is 0 Å². The van der Waals surface area contributed by atoms with Crippen LogP contribution in [-0.4, -0.2) is 83.4 Å². The molecular formula is C17H23N5O3S. The lowest BCUT2D eigenvalue weighted by molar-refractivity contribution is 0.0342. The molecule has 9 heteroatoms. The van der Waals surface area contributed by atoms with E-state index in [4.69, 9.17) is 9.15 Å². The van der Waals surface area contributed by atoms with Crippen LogP contribution < -0.4 is 0 Å².